The lowest BCUT2D eigenvalue weighted by Crippen LogP contribution is -2.60. The van der Waals surface area contributed by atoms with Gasteiger partial charge >= 0.3 is 6.09 Å². The first-order chi connectivity index (χ1) is 21.1. The number of carbonyl (C=O) groups excluding carboxylic acids is 5. The van der Waals surface area contributed by atoms with Crippen LogP contribution in [0.3, 0.4) is 0 Å². The molecule has 1 aromatic rings. The van der Waals surface area contributed by atoms with E-state index >= 15 is 0 Å². The molecule has 1 unspecified atom stereocenters. The van der Waals surface area contributed by atoms with Crippen LogP contribution in [0.15, 0.2) is 43.0 Å². The highest BCUT2D eigenvalue weighted by atomic mass is 35.5. The standard InChI is InChI=1S/C30H40ClN5O8S/c1-5-19-16-30(19,27(40)35-45(42,43)20-13-14-20)34-24(37)22-12-9-15-36(22)26(39)21(33-28(41)44-29(2,3)4)17-32-25(38)23(31)18-10-7-6-8-11-18/h5-8,10-11,19-23H,1,9,12-17H2,2-4H3,(H,32,38)(H,33,41)(H,34,37)(H,35,40)/t19-,21+,22+,23?,30-/m1/s1. The average Bonchev–Trinajstić information content (AvgIpc) is 3.90. The van der Waals surface area contributed by atoms with Crippen LogP contribution in [-0.4, -0.2) is 84.6 Å². The second kappa shape index (κ2) is 13.4. The largest absolute Gasteiger partial charge is 0.444 e. The summed E-state index contributed by atoms with van der Waals surface area (Å²) in [6.07, 6.45) is 2.37. The first kappa shape index (κ1) is 34.2. The fraction of sp³-hybridized carbons (Fsp3) is 0.567. The van der Waals surface area contributed by atoms with Gasteiger partial charge in [-0.15, -0.1) is 18.2 Å². The minimum Gasteiger partial charge on any atom is -0.444 e. The van der Waals surface area contributed by atoms with Crippen LogP contribution in [-0.2, 0) is 33.9 Å². The van der Waals surface area contributed by atoms with Gasteiger partial charge in [-0.1, -0.05) is 36.4 Å². The summed E-state index contributed by atoms with van der Waals surface area (Å²) in [4.78, 5) is 67.3. The Labute approximate surface area is 267 Å². The van der Waals surface area contributed by atoms with E-state index < -0.39 is 79.5 Å². The number of halogens is 1. The minimum atomic E-state index is -3.86. The Morgan fingerprint density at radius 1 is 1.13 bits per heavy atom. The zero-order valence-corrected chi connectivity index (χ0v) is 27.1. The van der Waals surface area contributed by atoms with Gasteiger partial charge in [0.05, 0.1) is 5.25 Å². The zero-order chi connectivity index (χ0) is 33.2. The number of ether oxygens (including phenoxy) is 1. The number of likely N-dealkylation sites (tertiary alicyclic amines) is 1. The Balaban J connectivity index is 1.47. The third kappa shape index (κ3) is 8.34. The Kier molecular flexibility index (Phi) is 10.2. The van der Waals surface area contributed by atoms with Gasteiger partial charge < -0.3 is 25.6 Å². The molecule has 0 bridgehead atoms. The molecule has 45 heavy (non-hydrogen) atoms. The average molecular weight is 666 g/mol. The molecule has 3 aliphatic rings. The number of nitrogens with one attached hydrogen (secondary N) is 4. The number of sulfonamides is 1. The Morgan fingerprint density at radius 2 is 1.80 bits per heavy atom. The van der Waals surface area contributed by atoms with E-state index in [1.807, 2.05) is 0 Å². The molecule has 1 saturated heterocycles. The maximum atomic E-state index is 13.8. The van der Waals surface area contributed by atoms with Crippen LogP contribution in [0.1, 0.15) is 63.8 Å². The molecule has 1 heterocycles. The molecular weight excluding hydrogens is 626 g/mol. The molecular formula is C30H40ClN5O8S. The van der Waals surface area contributed by atoms with Crippen molar-refractivity contribution in [3.8, 4) is 0 Å². The summed E-state index contributed by atoms with van der Waals surface area (Å²) in [7, 11) is -3.86. The normalized spacial score (nSPS) is 24.0. The van der Waals surface area contributed by atoms with Crippen LogP contribution < -0.4 is 20.7 Å². The molecule has 246 valence electrons. The fourth-order valence-electron chi connectivity index (χ4n) is 5.24. The van der Waals surface area contributed by atoms with Crippen LogP contribution >= 0.6 is 11.6 Å². The third-order valence-electron chi connectivity index (χ3n) is 7.88. The van der Waals surface area contributed by atoms with E-state index in [-0.39, 0.29) is 25.9 Å². The van der Waals surface area contributed by atoms with E-state index in [0.29, 0.717) is 24.8 Å². The van der Waals surface area contributed by atoms with Crippen LogP contribution in [0.4, 0.5) is 4.79 Å². The number of benzene rings is 1. The van der Waals surface area contributed by atoms with Crippen molar-refractivity contribution in [2.45, 2.75) is 86.7 Å². The van der Waals surface area contributed by atoms with E-state index in [1.165, 1.54) is 11.0 Å². The van der Waals surface area contributed by atoms with E-state index in [2.05, 4.69) is 27.3 Å². The molecule has 2 saturated carbocycles. The number of amides is 5. The van der Waals surface area contributed by atoms with Gasteiger partial charge in [-0.25, -0.2) is 13.2 Å². The summed E-state index contributed by atoms with van der Waals surface area (Å²) in [5.74, 6) is -3.23. The first-order valence-electron chi connectivity index (χ1n) is 14.9. The number of nitrogens with zero attached hydrogens (tertiary/aromatic N) is 1. The summed E-state index contributed by atoms with van der Waals surface area (Å²) in [5.41, 5.74) is -1.84. The predicted octanol–water partition coefficient (Wildman–Crippen LogP) is 1.64. The summed E-state index contributed by atoms with van der Waals surface area (Å²) in [6.45, 7) is 8.47. The number of hydrogen-bond donors (Lipinski definition) is 4. The van der Waals surface area contributed by atoms with E-state index in [0.717, 1.165) is 0 Å². The molecule has 5 atom stereocenters. The molecule has 13 nitrogen and oxygen atoms in total. The summed E-state index contributed by atoms with van der Waals surface area (Å²) in [6, 6.07) is 6.25. The quantitative estimate of drug-likeness (QED) is 0.192. The Bertz CT molecular complexity index is 1450. The monoisotopic (exact) mass is 665 g/mol. The molecule has 1 aromatic carbocycles. The molecule has 1 aliphatic heterocycles. The fourth-order valence-corrected chi connectivity index (χ4v) is 6.82. The maximum Gasteiger partial charge on any atom is 0.408 e. The number of hydrogen-bond acceptors (Lipinski definition) is 8. The second-order valence-electron chi connectivity index (χ2n) is 12.6. The lowest BCUT2D eigenvalue weighted by Gasteiger charge is -2.30. The van der Waals surface area contributed by atoms with Crippen molar-refractivity contribution in [3.63, 3.8) is 0 Å². The van der Waals surface area contributed by atoms with E-state index in [1.54, 1.807) is 51.1 Å². The molecule has 5 amide bonds. The van der Waals surface area contributed by atoms with Crippen molar-refractivity contribution in [1.82, 2.24) is 25.6 Å². The molecule has 0 aromatic heterocycles. The predicted molar refractivity (Wildman–Crippen MR) is 165 cm³/mol. The molecule has 2 aliphatic carbocycles. The highest BCUT2D eigenvalue weighted by molar-refractivity contribution is 7.91. The van der Waals surface area contributed by atoms with Crippen molar-refractivity contribution in [2.24, 2.45) is 5.92 Å². The van der Waals surface area contributed by atoms with Crippen molar-refractivity contribution in [3.05, 3.63) is 48.6 Å². The number of alkyl halides is 1. The highest BCUT2D eigenvalue weighted by Crippen LogP contribution is 2.45. The molecule has 0 spiro atoms. The topological polar surface area (TPSA) is 180 Å². The SMILES string of the molecule is C=C[C@@H]1C[C@]1(NC(=O)[C@@H]1CCCN1C(=O)[C@H](CNC(=O)C(Cl)c1ccccc1)NC(=O)OC(C)(C)C)C(=O)NS(=O)(=O)C1CC1. The molecule has 15 heteroatoms. The summed E-state index contributed by atoms with van der Waals surface area (Å²) < 4.78 is 32.3. The molecule has 3 fully saturated rings. The summed E-state index contributed by atoms with van der Waals surface area (Å²) in [5, 5.41) is 6.10. The second-order valence-corrected chi connectivity index (χ2v) is 15.0. The number of alkyl carbamates (subject to hydrolysis) is 1. The molecule has 4 rings (SSSR count). The Morgan fingerprint density at radius 3 is 2.38 bits per heavy atom. The first-order valence-corrected chi connectivity index (χ1v) is 16.8. The molecule has 4 N–H and O–H groups in total. The Hall–Kier alpha value is -3.65. The van der Waals surface area contributed by atoms with Crippen LogP contribution in [0.5, 0.6) is 0 Å². The van der Waals surface area contributed by atoms with Gasteiger partial charge in [0, 0.05) is 19.0 Å². The van der Waals surface area contributed by atoms with Crippen molar-refractivity contribution in [2.75, 3.05) is 13.1 Å². The highest BCUT2D eigenvalue weighted by Gasteiger charge is 2.61. The van der Waals surface area contributed by atoms with Gasteiger partial charge in [0.15, 0.2) is 0 Å². The molecule has 0 radical (unpaired) electrons. The van der Waals surface area contributed by atoms with Crippen LogP contribution in [0.25, 0.3) is 0 Å². The van der Waals surface area contributed by atoms with Gasteiger partial charge in [0.1, 0.15) is 28.6 Å². The van der Waals surface area contributed by atoms with Crippen molar-refractivity contribution < 1.29 is 37.1 Å². The zero-order valence-electron chi connectivity index (χ0n) is 25.5. The lowest BCUT2D eigenvalue weighted by molar-refractivity contribution is -0.141. The van der Waals surface area contributed by atoms with Gasteiger partial charge in [-0.05, 0) is 58.4 Å². The lowest BCUT2D eigenvalue weighted by atomic mass is 10.1. The van der Waals surface area contributed by atoms with E-state index in [9.17, 15) is 32.4 Å². The van der Waals surface area contributed by atoms with Gasteiger partial charge in [-0.3, -0.25) is 23.9 Å². The van der Waals surface area contributed by atoms with Gasteiger partial charge in [0.25, 0.3) is 5.91 Å². The summed E-state index contributed by atoms with van der Waals surface area (Å²) >= 11 is 6.33. The van der Waals surface area contributed by atoms with Gasteiger partial charge in [0.2, 0.25) is 27.7 Å². The minimum absolute atomic E-state index is 0.158. The smallest absolute Gasteiger partial charge is 0.408 e. The van der Waals surface area contributed by atoms with Crippen LogP contribution in [0.2, 0.25) is 0 Å². The maximum absolute atomic E-state index is 13.8. The van der Waals surface area contributed by atoms with Crippen molar-refractivity contribution in [1.29, 1.82) is 0 Å². The van der Waals surface area contributed by atoms with Crippen molar-refractivity contribution >= 4 is 51.3 Å². The van der Waals surface area contributed by atoms with E-state index in [4.69, 9.17) is 16.3 Å². The number of rotatable bonds is 12. The van der Waals surface area contributed by atoms with Gasteiger partial charge in [-0.2, -0.15) is 0 Å². The number of carbonyl (C=O) groups is 5. The van der Waals surface area contributed by atoms with Crippen LogP contribution in [0, 0.1) is 5.92 Å². The third-order valence-corrected chi connectivity index (χ3v) is 10.1.